The van der Waals surface area contributed by atoms with E-state index in [1.165, 1.54) is 18.4 Å². The number of nitrogens with two attached hydrogens (primary N) is 1. The molecule has 0 unspecified atom stereocenters. The van der Waals surface area contributed by atoms with Gasteiger partial charge < -0.3 is 15.9 Å². The summed E-state index contributed by atoms with van der Waals surface area (Å²) in [5.41, 5.74) is 6.04. The zero-order valence-electron chi connectivity index (χ0n) is 9.35. The van der Waals surface area contributed by atoms with E-state index in [0.717, 1.165) is 0 Å². The Bertz CT molecular complexity index is 400. The summed E-state index contributed by atoms with van der Waals surface area (Å²) in [7, 11) is 1.37. The molecule has 0 saturated carbocycles. The minimum absolute atomic E-state index is 0.0190. The summed E-state index contributed by atoms with van der Waals surface area (Å²) < 4.78 is 0. The zero-order valence-corrected chi connectivity index (χ0v) is 10.2. The van der Waals surface area contributed by atoms with Gasteiger partial charge in [0.05, 0.1) is 0 Å². The lowest BCUT2D eigenvalue weighted by atomic mass is 10.2. The second-order valence-electron chi connectivity index (χ2n) is 3.32. The third kappa shape index (κ3) is 3.20. The molecule has 3 N–H and O–H groups in total. The molecule has 0 fully saturated rings. The average molecular weight is 242 g/mol. The van der Waals surface area contributed by atoms with E-state index in [1.54, 1.807) is 5.38 Å². The molecule has 88 valence electrons. The molecule has 0 spiro atoms. The monoisotopic (exact) mass is 242 g/mol. The van der Waals surface area contributed by atoms with Gasteiger partial charge >= 0.3 is 0 Å². The Morgan fingerprint density at radius 1 is 1.69 bits per heavy atom. The van der Waals surface area contributed by atoms with Crippen LogP contribution in [0.15, 0.2) is 10.5 Å². The van der Waals surface area contributed by atoms with Crippen LogP contribution < -0.4 is 11.1 Å². The number of nitrogen functional groups attached to an aromatic ring is 1. The SMILES string of the molecule is CON=C(C(=O)NC(C)C)c1csc(N)n1. The second-order valence-corrected chi connectivity index (χ2v) is 4.21. The number of carbonyl (C=O) groups is 1. The van der Waals surface area contributed by atoms with Gasteiger partial charge in [-0.25, -0.2) is 4.98 Å². The van der Waals surface area contributed by atoms with Crippen LogP contribution in [0.3, 0.4) is 0 Å². The fourth-order valence-electron chi connectivity index (χ4n) is 1.02. The molecule has 0 aliphatic carbocycles. The molecular formula is C9H14N4O2S. The number of rotatable bonds is 4. The third-order valence-electron chi connectivity index (χ3n) is 1.58. The lowest BCUT2D eigenvalue weighted by Crippen LogP contribution is -2.36. The highest BCUT2D eigenvalue weighted by Crippen LogP contribution is 2.12. The van der Waals surface area contributed by atoms with Crippen molar-refractivity contribution in [1.29, 1.82) is 0 Å². The number of thiazole rings is 1. The number of carbonyl (C=O) groups excluding carboxylic acids is 1. The Hall–Kier alpha value is -1.63. The number of nitrogens with one attached hydrogen (secondary N) is 1. The van der Waals surface area contributed by atoms with Crippen molar-refractivity contribution in [3.8, 4) is 0 Å². The third-order valence-corrected chi connectivity index (χ3v) is 2.26. The van der Waals surface area contributed by atoms with Crippen LogP contribution >= 0.6 is 11.3 Å². The molecule has 0 bridgehead atoms. The largest absolute Gasteiger partial charge is 0.398 e. The lowest BCUT2D eigenvalue weighted by Gasteiger charge is -2.08. The Morgan fingerprint density at radius 2 is 2.38 bits per heavy atom. The number of amides is 1. The van der Waals surface area contributed by atoms with Crippen molar-refractivity contribution in [2.75, 3.05) is 12.8 Å². The van der Waals surface area contributed by atoms with Gasteiger partial charge in [-0.15, -0.1) is 11.3 Å². The van der Waals surface area contributed by atoms with Crippen molar-refractivity contribution >= 4 is 28.1 Å². The molecule has 7 heteroatoms. The van der Waals surface area contributed by atoms with E-state index in [-0.39, 0.29) is 17.7 Å². The van der Waals surface area contributed by atoms with Gasteiger partial charge in [-0.3, -0.25) is 4.79 Å². The van der Waals surface area contributed by atoms with Crippen molar-refractivity contribution in [2.45, 2.75) is 19.9 Å². The number of anilines is 1. The molecule has 1 heterocycles. The summed E-state index contributed by atoms with van der Waals surface area (Å²) in [5.74, 6) is -0.331. The fraction of sp³-hybridized carbons (Fsp3) is 0.444. The quantitative estimate of drug-likeness (QED) is 0.597. The first-order valence-corrected chi connectivity index (χ1v) is 5.56. The Balaban J connectivity index is 2.92. The van der Waals surface area contributed by atoms with E-state index in [0.29, 0.717) is 10.8 Å². The summed E-state index contributed by atoms with van der Waals surface area (Å²) in [6.07, 6.45) is 0. The lowest BCUT2D eigenvalue weighted by molar-refractivity contribution is -0.115. The highest BCUT2D eigenvalue weighted by Gasteiger charge is 2.18. The molecular weight excluding hydrogens is 228 g/mol. The van der Waals surface area contributed by atoms with Crippen LogP contribution in [-0.2, 0) is 9.63 Å². The number of nitrogens with zero attached hydrogens (tertiary/aromatic N) is 2. The molecule has 0 aromatic carbocycles. The first-order chi connectivity index (χ1) is 7.54. The van der Waals surface area contributed by atoms with Crippen molar-refractivity contribution in [3.63, 3.8) is 0 Å². The molecule has 6 nitrogen and oxygen atoms in total. The van der Waals surface area contributed by atoms with E-state index in [9.17, 15) is 4.79 Å². The van der Waals surface area contributed by atoms with Crippen LogP contribution in [0.4, 0.5) is 5.13 Å². The average Bonchev–Trinajstić information content (AvgIpc) is 2.59. The summed E-state index contributed by atoms with van der Waals surface area (Å²) in [6.45, 7) is 3.72. The molecule has 1 aromatic rings. The van der Waals surface area contributed by atoms with Crippen LogP contribution in [0, 0.1) is 0 Å². The fourth-order valence-corrected chi connectivity index (χ4v) is 1.57. The van der Waals surface area contributed by atoms with Crippen LogP contribution in [0.2, 0.25) is 0 Å². The van der Waals surface area contributed by atoms with Crippen molar-refractivity contribution < 1.29 is 9.63 Å². The minimum atomic E-state index is -0.331. The molecule has 0 atom stereocenters. The molecule has 16 heavy (non-hydrogen) atoms. The van der Waals surface area contributed by atoms with Crippen LogP contribution in [0.5, 0.6) is 0 Å². The van der Waals surface area contributed by atoms with Crippen molar-refractivity contribution in [2.24, 2.45) is 5.16 Å². The predicted octanol–water partition coefficient (Wildman–Crippen LogP) is 0.600. The van der Waals surface area contributed by atoms with E-state index in [2.05, 4.69) is 20.3 Å². The standard InChI is InChI=1S/C9H14N4O2S/c1-5(2)11-8(14)7(13-15-3)6-4-16-9(10)12-6/h4-5H,1-3H3,(H2,10,12)(H,11,14). The minimum Gasteiger partial charge on any atom is -0.398 e. The van der Waals surface area contributed by atoms with Gasteiger partial charge in [0, 0.05) is 11.4 Å². The Labute approximate surface area is 97.5 Å². The maximum absolute atomic E-state index is 11.8. The van der Waals surface area contributed by atoms with Gasteiger partial charge in [-0.05, 0) is 13.8 Å². The Kier molecular flexibility index (Phi) is 4.24. The van der Waals surface area contributed by atoms with E-state index < -0.39 is 0 Å². The summed E-state index contributed by atoms with van der Waals surface area (Å²) in [4.78, 5) is 20.4. The summed E-state index contributed by atoms with van der Waals surface area (Å²) in [5, 5.41) is 8.41. The predicted molar refractivity (Wildman–Crippen MR) is 63.4 cm³/mol. The molecule has 0 saturated heterocycles. The number of aromatic nitrogens is 1. The first-order valence-electron chi connectivity index (χ1n) is 4.68. The maximum atomic E-state index is 11.8. The van der Waals surface area contributed by atoms with Gasteiger partial charge in [0.1, 0.15) is 12.8 Å². The van der Waals surface area contributed by atoms with E-state index >= 15 is 0 Å². The topological polar surface area (TPSA) is 89.6 Å². The summed E-state index contributed by atoms with van der Waals surface area (Å²) in [6, 6.07) is 0.0190. The molecule has 1 rings (SSSR count). The second kappa shape index (κ2) is 5.45. The van der Waals surface area contributed by atoms with Gasteiger partial charge in [-0.2, -0.15) is 0 Å². The smallest absolute Gasteiger partial charge is 0.275 e. The van der Waals surface area contributed by atoms with Gasteiger partial charge in [0.2, 0.25) is 0 Å². The molecule has 1 aromatic heterocycles. The number of hydrogen-bond acceptors (Lipinski definition) is 6. The Morgan fingerprint density at radius 3 is 2.81 bits per heavy atom. The van der Waals surface area contributed by atoms with E-state index in [4.69, 9.17) is 5.73 Å². The molecule has 1 amide bonds. The molecule has 0 aliphatic rings. The first kappa shape index (κ1) is 12.4. The van der Waals surface area contributed by atoms with Gasteiger partial charge in [0.25, 0.3) is 5.91 Å². The van der Waals surface area contributed by atoms with Gasteiger partial charge in [-0.1, -0.05) is 5.16 Å². The molecule has 0 aliphatic heterocycles. The zero-order chi connectivity index (χ0) is 12.1. The highest BCUT2D eigenvalue weighted by molar-refractivity contribution is 7.13. The van der Waals surface area contributed by atoms with Crippen LogP contribution in [-0.4, -0.2) is 29.8 Å². The van der Waals surface area contributed by atoms with Gasteiger partial charge in [0.15, 0.2) is 10.8 Å². The maximum Gasteiger partial charge on any atom is 0.275 e. The molecule has 0 radical (unpaired) electrons. The van der Waals surface area contributed by atoms with Crippen LogP contribution in [0.25, 0.3) is 0 Å². The number of hydrogen-bond donors (Lipinski definition) is 2. The number of oxime groups is 1. The van der Waals surface area contributed by atoms with Crippen LogP contribution in [0.1, 0.15) is 19.5 Å². The normalized spacial score (nSPS) is 11.6. The van der Waals surface area contributed by atoms with Crippen molar-refractivity contribution in [1.82, 2.24) is 10.3 Å². The highest BCUT2D eigenvalue weighted by atomic mass is 32.1. The van der Waals surface area contributed by atoms with E-state index in [1.807, 2.05) is 13.8 Å². The summed E-state index contributed by atoms with van der Waals surface area (Å²) >= 11 is 1.25. The van der Waals surface area contributed by atoms with Crippen molar-refractivity contribution in [3.05, 3.63) is 11.1 Å².